The summed E-state index contributed by atoms with van der Waals surface area (Å²) in [4.78, 5) is 26.9. The van der Waals surface area contributed by atoms with E-state index in [4.69, 9.17) is 10.5 Å². The number of nitro groups is 1. The van der Waals surface area contributed by atoms with E-state index < -0.39 is 39.9 Å². The zero-order valence-corrected chi connectivity index (χ0v) is 18.0. The van der Waals surface area contributed by atoms with E-state index in [-0.39, 0.29) is 23.0 Å². The van der Waals surface area contributed by atoms with Crippen molar-refractivity contribution in [2.75, 3.05) is 22.6 Å². The summed E-state index contributed by atoms with van der Waals surface area (Å²) in [5, 5.41) is 15.7. The van der Waals surface area contributed by atoms with Gasteiger partial charge in [-0.25, -0.2) is 14.2 Å². The molecule has 178 valence electrons. The van der Waals surface area contributed by atoms with Gasteiger partial charge in [0.15, 0.2) is 0 Å². The van der Waals surface area contributed by atoms with Gasteiger partial charge in [0.05, 0.1) is 21.9 Å². The standard InChI is InChI=1S/C20H15F4N5O4S/c1-34-16-9-11(33-15-6-7-26-18(25)17(15)29(31)32)3-5-13(16)27-19(30)28-14-8-10(20(22,23)24)2-4-12(14)21/h2-9H,1H3,(H2,25,26)(H2,27,28,30). The number of rotatable bonds is 6. The minimum Gasteiger partial charge on any atom is -0.450 e. The van der Waals surface area contributed by atoms with E-state index >= 15 is 0 Å². The molecule has 0 saturated carbocycles. The first kappa shape index (κ1) is 24.6. The number of halogens is 4. The molecule has 0 bridgehead atoms. The van der Waals surface area contributed by atoms with Crippen molar-refractivity contribution < 1.29 is 32.0 Å². The number of hydrogen-bond donors (Lipinski definition) is 3. The van der Waals surface area contributed by atoms with E-state index in [1.54, 1.807) is 6.26 Å². The summed E-state index contributed by atoms with van der Waals surface area (Å²) in [5.41, 5.74) is 3.48. The number of benzene rings is 2. The largest absolute Gasteiger partial charge is 0.450 e. The summed E-state index contributed by atoms with van der Waals surface area (Å²) in [7, 11) is 0. The van der Waals surface area contributed by atoms with Crippen LogP contribution in [0.3, 0.4) is 0 Å². The van der Waals surface area contributed by atoms with Crippen LogP contribution in [0.15, 0.2) is 53.6 Å². The minimum absolute atomic E-state index is 0.150. The van der Waals surface area contributed by atoms with Gasteiger partial charge in [0.1, 0.15) is 11.6 Å². The number of anilines is 3. The molecule has 0 radical (unpaired) electrons. The highest BCUT2D eigenvalue weighted by atomic mass is 32.2. The fraction of sp³-hybridized carbons (Fsp3) is 0.100. The summed E-state index contributed by atoms with van der Waals surface area (Å²) in [6, 6.07) is 6.17. The zero-order valence-electron chi connectivity index (χ0n) is 17.1. The number of carbonyl (C=O) groups excluding carboxylic acids is 1. The van der Waals surface area contributed by atoms with Crippen LogP contribution >= 0.6 is 11.8 Å². The first-order valence-electron chi connectivity index (χ1n) is 9.19. The summed E-state index contributed by atoms with van der Waals surface area (Å²) in [6.07, 6.45) is -1.81. The predicted molar refractivity (Wildman–Crippen MR) is 118 cm³/mol. The van der Waals surface area contributed by atoms with Gasteiger partial charge >= 0.3 is 17.9 Å². The summed E-state index contributed by atoms with van der Waals surface area (Å²) >= 11 is 1.17. The fourth-order valence-corrected chi connectivity index (χ4v) is 3.33. The number of alkyl halides is 3. The van der Waals surface area contributed by atoms with Gasteiger partial charge in [0, 0.05) is 17.2 Å². The number of nitrogens with two attached hydrogens (primary N) is 1. The molecule has 2 aromatic carbocycles. The average Bonchev–Trinajstić information content (AvgIpc) is 2.75. The molecule has 1 heterocycles. The number of urea groups is 1. The van der Waals surface area contributed by atoms with Crippen molar-refractivity contribution in [1.29, 1.82) is 0 Å². The molecule has 0 aliphatic rings. The molecule has 14 heteroatoms. The van der Waals surface area contributed by atoms with Crippen molar-refractivity contribution in [3.05, 3.63) is 70.2 Å². The van der Waals surface area contributed by atoms with Crippen molar-refractivity contribution in [3.8, 4) is 11.5 Å². The maximum absolute atomic E-state index is 13.9. The molecule has 2 amide bonds. The van der Waals surface area contributed by atoms with Crippen LogP contribution in [0.5, 0.6) is 11.5 Å². The summed E-state index contributed by atoms with van der Waals surface area (Å²) in [6.45, 7) is 0. The van der Waals surface area contributed by atoms with E-state index in [2.05, 4.69) is 10.3 Å². The third-order valence-electron chi connectivity index (χ3n) is 4.29. The van der Waals surface area contributed by atoms with Crippen LogP contribution < -0.4 is 21.1 Å². The molecule has 4 N–H and O–H groups in total. The van der Waals surface area contributed by atoms with Crippen LogP contribution in [0.1, 0.15) is 5.56 Å². The molecule has 0 aliphatic carbocycles. The van der Waals surface area contributed by atoms with Crippen molar-refractivity contribution >= 4 is 40.7 Å². The lowest BCUT2D eigenvalue weighted by Gasteiger charge is -2.14. The molecule has 0 spiro atoms. The van der Waals surface area contributed by atoms with Crippen LogP contribution in [0.4, 0.5) is 45.2 Å². The molecule has 9 nitrogen and oxygen atoms in total. The van der Waals surface area contributed by atoms with Crippen molar-refractivity contribution in [3.63, 3.8) is 0 Å². The lowest BCUT2D eigenvalue weighted by molar-refractivity contribution is -0.384. The van der Waals surface area contributed by atoms with Crippen molar-refractivity contribution in [2.24, 2.45) is 0 Å². The Morgan fingerprint density at radius 2 is 1.85 bits per heavy atom. The van der Waals surface area contributed by atoms with Crippen molar-refractivity contribution in [1.82, 2.24) is 4.98 Å². The first-order chi connectivity index (χ1) is 16.0. The molecular weight excluding hydrogens is 482 g/mol. The molecule has 3 rings (SSSR count). The number of ether oxygens (including phenoxy) is 1. The average molecular weight is 497 g/mol. The van der Waals surface area contributed by atoms with Crippen molar-refractivity contribution in [2.45, 2.75) is 11.1 Å². The highest BCUT2D eigenvalue weighted by molar-refractivity contribution is 7.98. The molecule has 0 fully saturated rings. The quantitative estimate of drug-likeness (QED) is 0.167. The first-order valence-corrected chi connectivity index (χ1v) is 10.4. The maximum atomic E-state index is 13.9. The topological polar surface area (TPSA) is 132 Å². The van der Waals surface area contributed by atoms with Gasteiger partial charge in [0.2, 0.25) is 11.6 Å². The Bertz CT molecular complexity index is 1260. The zero-order chi connectivity index (χ0) is 25.0. The second-order valence-electron chi connectivity index (χ2n) is 6.54. The second-order valence-corrected chi connectivity index (χ2v) is 7.38. The molecule has 3 aromatic rings. The summed E-state index contributed by atoms with van der Waals surface area (Å²) < 4.78 is 58.0. The maximum Gasteiger partial charge on any atom is 0.416 e. The molecule has 1 aromatic heterocycles. The molecule has 0 atom stereocenters. The summed E-state index contributed by atoms with van der Waals surface area (Å²) in [5.74, 6) is -1.35. The Kier molecular flexibility index (Phi) is 7.10. The van der Waals surface area contributed by atoms with E-state index in [0.29, 0.717) is 23.1 Å². The third-order valence-corrected chi connectivity index (χ3v) is 5.07. The van der Waals surface area contributed by atoms with E-state index in [1.165, 1.54) is 42.2 Å². The number of nitrogens with one attached hydrogen (secondary N) is 2. The highest BCUT2D eigenvalue weighted by Gasteiger charge is 2.31. The second kappa shape index (κ2) is 9.82. The number of hydrogen-bond acceptors (Lipinski definition) is 7. The van der Waals surface area contributed by atoms with Crippen LogP contribution in [0, 0.1) is 15.9 Å². The van der Waals surface area contributed by atoms with Gasteiger partial charge in [-0.05, 0) is 42.7 Å². The van der Waals surface area contributed by atoms with Gasteiger partial charge in [-0.2, -0.15) is 13.2 Å². The monoisotopic (exact) mass is 497 g/mol. The third kappa shape index (κ3) is 5.64. The predicted octanol–water partition coefficient (Wildman–Crippen LogP) is 5.89. The van der Waals surface area contributed by atoms with E-state index in [9.17, 15) is 32.5 Å². The Morgan fingerprint density at radius 3 is 2.50 bits per heavy atom. The van der Waals surface area contributed by atoms with Gasteiger partial charge in [-0.3, -0.25) is 10.1 Å². The molecule has 34 heavy (non-hydrogen) atoms. The van der Waals surface area contributed by atoms with E-state index in [0.717, 1.165) is 0 Å². The van der Waals surface area contributed by atoms with Gasteiger partial charge < -0.3 is 21.1 Å². The van der Waals surface area contributed by atoms with Crippen LogP contribution in [-0.2, 0) is 6.18 Å². The number of amides is 2. The number of thioether (sulfide) groups is 1. The Hall–Kier alpha value is -4.07. The van der Waals surface area contributed by atoms with E-state index in [1.807, 2.05) is 5.32 Å². The van der Waals surface area contributed by atoms with Gasteiger partial charge in [0.25, 0.3) is 0 Å². The normalized spacial score (nSPS) is 11.1. The number of nitrogen functional groups attached to an aromatic ring is 1. The number of carbonyl (C=O) groups is 1. The highest BCUT2D eigenvalue weighted by Crippen LogP contribution is 2.37. The SMILES string of the molecule is CSc1cc(Oc2ccnc(N)c2[N+](=O)[O-])ccc1NC(=O)Nc1cc(C(F)(F)F)ccc1F. The molecular formula is C20H15F4N5O4S. The smallest absolute Gasteiger partial charge is 0.416 e. The Morgan fingerprint density at radius 1 is 1.15 bits per heavy atom. The van der Waals surface area contributed by atoms with Crippen LogP contribution in [0.2, 0.25) is 0 Å². The lowest BCUT2D eigenvalue weighted by atomic mass is 10.2. The van der Waals surface area contributed by atoms with Crippen LogP contribution in [0.25, 0.3) is 0 Å². The molecule has 0 aliphatic heterocycles. The molecule has 0 unspecified atom stereocenters. The van der Waals surface area contributed by atoms with Gasteiger partial charge in [-0.1, -0.05) is 0 Å². The van der Waals surface area contributed by atoms with Gasteiger partial charge in [-0.15, -0.1) is 11.8 Å². The number of pyridine rings is 1. The Balaban J connectivity index is 1.79. The number of nitrogens with zero attached hydrogens (tertiary/aromatic N) is 2. The Labute approximate surface area is 193 Å². The number of aromatic nitrogens is 1. The lowest BCUT2D eigenvalue weighted by Crippen LogP contribution is -2.21. The minimum atomic E-state index is -4.71. The molecule has 0 saturated heterocycles. The fourth-order valence-electron chi connectivity index (χ4n) is 2.76. The van der Waals surface area contributed by atoms with Crippen LogP contribution in [-0.4, -0.2) is 22.2 Å².